The summed E-state index contributed by atoms with van der Waals surface area (Å²) in [6, 6.07) is 16.8. The number of fused-ring (bicyclic) bond motifs is 1. The average molecular weight is 396 g/mol. The quantitative estimate of drug-likeness (QED) is 0.611. The molecule has 6 heteroatoms. The van der Waals surface area contributed by atoms with Crippen LogP contribution in [0.3, 0.4) is 0 Å². The Morgan fingerprint density at radius 2 is 1.71 bits per heavy atom. The standard InChI is InChI=1S/C22H25N3O2S/c1-22(2,3)27-21(26)25-13-11-24(12-14-25)20-23-18-10-9-17(15-19(18)28-20)16-7-5-4-6-8-16/h4-10,15H,11-14H2,1-3H3. The summed E-state index contributed by atoms with van der Waals surface area (Å²) in [7, 11) is 0. The number of anilines is 1. The van der Waals surface area contributed by atoms with Crippen molar-refractivity contribution >= 4 is 32.8 Å². The molecule has 0 bridgehead atoms. The molecule has 1 aliphatic rings. The van der Waals surface area contributed by atoms with Crippen LogP contribution in [0.15, 0.2) is 48.5 Å². The molecule has 1 aromatic heterocycles. The Labute approximate surface area is 169 Å². The second kappa shape index (κ2) is 7.43. The molecule has 4 rings (SSSR count). The molecule has 1 aliphatic heterocycles. The van der Waals surface area contributed by atoms with Gasteiger partial charge in [-0.15, -0.1) is 0 Å². The molecule has 146 valence electrons. The summed E-state index contributed by atoms with van der Waals surface area (Å²) in [5.74, 6) is 0. The molecule has 0 N–H and O–H groups in total. The highest BCUT2D eigenvalue weighted by Crippen LogP contribution is 2.32. The molecule has 0 unspecified atom stereocenters. The van der Waals surface area contributed by atoms with Crippen molar-refractivity contribution in [1.29, 1.82) is 0 Å². The van der Waals surface area contributed by atoms with Crippen molar-refractivity contribution in [3.05, 3.63) is 48.5 Å². The smallest absolute Gasteiger partial charge is 0.410 e. The molecule has 28 heavy (non-hydrogen) atoms. The van der Waals surface area contributed by atoms with E-state index in [-0.39, 0.29) is 6.09 Å². The molecule has 2 aromatic carbocycles. The first-order valence-corrected chi connectivity index (χ1v) is 10.4. The highest BCUT2D eigenvalue weighted by atomic mass is 32.1. The molecule has 1 fully saturated rings. The Morgan fingerprint density at radius 1 is 1.00 bits per heavy atom. The largest absolute Gasteiger partial charge is 0.444 e. The third kappa shape index (κ3) is 4.12. The number of carbonyl (C=O) groups is 1. The van der Waals surface area contributed by atoms with Gasteiger partial charge in [0.2, 0.25) is 0 Å². The molecule has 0 saturated carbocycles. The van der Waals surface area contributed by atoms with Gasteiger partial charge in [-0.3, -0.25) is 0 Å². The van der Waals surface area contributed by atoms with E-state index in [0.717, 1.165) is 23.7 Å². The molecule has 0 radical (unpaired) electrons. The van der Waals surface area contributed by atoms with E-state index in [2.05, 4.69) is 47.4 Å². The number of nitrogens with zero attached hydrogens (tertiary/aromatic N) is 3. The second-order valence-corrected chi connectivity index (χ2v) is 9.01. The number of piperazine rings is 1. The molecular weight excluding hydrogens is 370 g/mol. The third-order valence-electron chi connectivity index (χ3n) is 4.69. The van der Waals surface area contributed by atoms with Crippen LogP contribution in [0.1, 0.15) is 20.8 Å². The number of amides is 1. The number of hydrogen-bond donors (Lipinski definition) is 0. The first-order chi connectivity index (χ1) is 13.4. The van der Waals surface area contributed by atoms with Gasteiger partial charge in [-0.1, -0.05) is 47.7 Å². The Morgan fingerprint density at radius 3 is 2.39 bits per heavy atom. The van der Waals surface area contributed by atoms with E-state index in [1.807, 2.05) is 26.8 Å². The lowest BCUT2D eigenvalue weighted by molar-refractivity contribution is 0.0240. The highest BCUT2D eigenvalue weighted by Gasteiger charge is 2.27. The Bertz CT molecular complexity index is 970. The summed E-state index contributed by atoms with van der Waals surface area (Å²) in [5, 5.41) is 1.02. The number of rotatable bonds is 2. The van der Waals surface area contributed by atoms with Gasteiger partial charge in [0, 0.05) is 26.2 Å². The van der Waals surface area contributed by atoms with Gasteiger partial charge in [0.15, 0.2) is 5.13 Å². The SMILES string of the molecule is CC(C)(C)OC(=O)N1CCN(c2nc3ccc(-c4ccccc4)cc3s2)CC1. The normalized spacial score (nSPS) is 15.1. The number of ether oxygens (including phenoxy) is 1. The zero-order valence-corrected chi connectivity index (χ0v) is 17.3. The van der Waals surface area contributed by atoms with Gasteiger partial charge in [0.1, 0.15) is 5.60 Å². The van der Waals surface area contributed by atoms with Crippen molar-refractivity contribution in [3.63, 3.8) is 0 Å². The lowest BCUT2D eigenvalue weighted by Crippen LogP contribution is -2.50. The van der Waals surface area contributed by atoms with E-state index in [0.29, 0.717) is 13.1 Å². The van der Waals surface area contributed by atoms with Crippen molar-refractivity contribution in [2.45, 2.75) is 26.4 Å². The molecule has 1 saturated heterocycles. The van der Waals surface area contributed by atoms with Crippen molar-refractivity contribution in [1.82, 2.24) is 9.88 Å². The Balaban J connectivity index is 1.46. The molecule has 0 spiro atoms. The minimum absolute atomic E-state index is 0.232. The Hall–Kier alpha value is -2.60. The van der Waals surface area contributed by atoms with E-state index >= 15 is 0 Å². The summed E-state index contributed by atoms with van der Waals surface area (Å²) < 4.78 is 6.66. The van der Waals surface area contributed by atoms with E-state index < -0.39 is 5.60 Å². The van der Waals surface area contributed by atoms with Crippen LogP contribution in [0.25, 0.3) is 21.3 Å². The highest BCUT2D eigenvalue weighted by molar-refractivity contribution is 7.22. The van der Waals surface area contributed by atoms with Gasteiger partial charge in [0.05, 0.1) is 10.2 Å². The molecule has 2 heterocycles. The maximum atomic E-state index is 12.2. The third-order valence-corrected chi connectivity index (χ3v) is 5.77. The minimum atomic E-state index is -0.461. The lowest BCUT2D eigenvalue weighted by Gasteiger charge is -2.35. The fourth-order valence-corrected chi connectivity index (χ4v) is 4.32. The zero-order valence-electron chi connectivity index (χ0n) is 16.5. The number of benzene rings is 2. The molecule has 1 amide bonds. The lowest BCUT2D eigenvalue weighted by atomic mass is 10.1. The topological polar surface area (TPSA) is 45.7 Å². The first kappa shape index (κ1) is 18.7. The van der Waals surface area contributed by atoms with Crippen LogP contribution in [0.5, 0.6) is 0 Å². The minimum Gasteiger partial charge on any atom is -0.444 e. The van der Waals surface area contributed by atoms with Crippen molar-refractivity contribution in [3.8, 4) is 11.1 Å². The van der Waals surface area contributed by atoms with Crippen LogP contribution < -0.4 is 4.90 Å². The number of thiazole rings is 1. The summed E-state index contributed by atoms with van der Waals surface area (Å²) in [6.07, 6.45) is -0.232. The molecular formula is C22H25N3O2S. The van der Waals surface area contributed by atoms with Crippen LogP contribution in [-0.4, -0.2) is 47.8 Å². The van der Waals surface area contributed by atoms with Gasteiger partial charge in [0.25, 0.3) is 0 Å². The van der Waals surface area contributed by atoms with E-state index in [1.54, 1.807) is 16.2 Å². The van der Waals surface area contributed by atoms with Crippen LogP contribution in [-0.2, 0) is 4.74 Å². The van der Waals surface area contributed by atoms with Crippen molar-refractivity contribution in [2.75, 3.05) is 31.1 Å². The predicted octanol–water partition coefficient (Wildman–Crippen LogP) is 5.02. The van der Waals surface area contributed by atoms with Crippen LogP contribution in [0, 0.1) is 0 Å². The van der Waals surface area contributed by atoms with Gasteiger partial charge < -0.3 is 14.5 Å². The number of hydrogen-bond acceptors (Lipinski definition) is 5. The van der Waals surface area contributed by atoms with E-state index in [4.69, 9.17) is 9.72 Å². The summed E-state index contributed by atoms with van der Waals surface area (Å²) in [4.78, 5) is 21.1. The van der Waals surface area contributed by atoms with Gasteiger partial charge in [-0.2, -0.15) is 0 Å². The monoisotopic (exact) mass is 395 g/mol. The molecule has 0 aliphatic carbocycles. The fraction of sp³-hybridized carbons (Fsp3) is 0.364. The number of aromatic nitrogens is 1. The Kier molecular flexibility index (Phi) is 4.98. The maximum absolute atomic E-state index is 12.2. The molecule has 3 aromatic rings. The first-order valence-electron chi connectivity index (χ1n) is 9.58. The summed E-state index contributed by atoms with van der Waals surface area (Å²) in [5.41, 5.74) is 2.98. The van der Waals surface area contributed by atoms with Crippen LogP contribution >= 0.6 is 11.3 Å². The number of carbonyl (C=O) groups excluding carboxylic acids is 1. The van der Waals surface area contributed by atoms with Gasteiger partial charge in [-0.05, 0) is 44.0 Å². The maximum Gasteiger partial charge on any atom is 0.410 e. The summed E-state index contributed by atoms with van der Waals surface area (Å²) in [6.45, 7) is 8.53. The molecule has 0 atom stereocenters. The van der Waals surface area contributed by atoms with E-state index in [9.17, 15) is 4.79 Å². The van der Waals surface area contributed by atoms with Crippen LogP contribution in [0.2, 0.25) is 0 Å². The van der Waals surface area contributed by atoms with Crippen molar-refractivity contribution in [2.24, 2.45) is 0 Å². The average Bonchev–Trinajstić information content (AvgIpc) is 3.11. The van der Waals surface area contributed by atoms with Gasteiger partial charge >= 0.3 is 6.09 Å². The predicted molar refractivity (Wildman–Crippen MR) is 115 cm³/mol. The fourth-order valence-electron chi connectivity index (χ4n) is 3.26. The zero-order chi connectivity index (χ0) is 19.7. The summed E-state index contributed by atoms with van der Waals surface area (Å²) >= 11 is 1.71. The van der Waals surface area contributed by atoms with Crippen LogP contribution in [0.4, 0.5) is 9.93 Å². The molecule has 5 nitrogen and oxygen atoms in total. The van der Waals surface area contributed by atoms with Gasteiger partial charge in [-0.25, -0.2) is 9.78 Å². The van der Waals surface area contributed by atoms with Crippen molar-refractivity contribution < 1.29 is 9.53 Å². The van der Waals surface area contributed by atoms with E-state index in [1.165, 1.54) is 15.8 Å². The second-order valence-electron chi connectivity index (χ2n) is 8.00.